The minimum absolute atomic E-state index is 0.0609. The molecule has 0 heterocycles. The van der Waals surface area contributed by atoms with Gasteiger partial charge in [-0.05, 0) is 19.3 Å². The van der Waals surface area contributed by atoms with E-state index in [1.54, 1.807) is 0 Å². The van der Waals surface area contributed by atoms with Crippen LogP contribution < -0.4 is 0 Å². The predicted octanol–water partition coefficient (Wildman–Crippen LogP) is 25.8. The molecular formula is C75H146O6. The average Bonchev–Trinajstić information content (AvgIpc) is 3.47. The molecule has 0 aliphatic rings. The normalized spacial score (nSPS) is 11.9. The standard InChI is InChI=1S/C75H146O6/c1-4-7-10-13-16-19-21-23-25-27-29-31-33-34-35-36-37-38-39-40-41-43-44-46-48-50-52-54-56-59-62-65-68-74(77)80-71-72(70-79-73(76)67-64-61-58-18-15-12-9-6-3)81-75(78)69-66-63-60-57-55-53-51-49-47-45-42-32-30-28-26-24-22-20-17-14-11-8-5-2/h72H,4-71H2,1-3H3. The highest BCUT2D eigenvalue weighted by Crippen LogP contribution is 2.20. The van der Waals surface area contributed by atoms with Gasteiger partial charge >= 0.3 is 17.9 Å². The van der Waals surface area contributed by atoms with Crippen molar-refractivity contribution in [3.05, 3.63) is 0 Å². The first kappa shape index (κ1) is 79.4. The first-order valence-corrected chi connectivity index (χ1v) is 37.5. The molecule has 0 N–H and O–H groups in total. The first-order chi connectivity index (χ1) is 40.0. The maximum atomic E-state index is 12.9. The molecule has 1 unspecified atom stereocenters. The maximum absolute atomic E-state index is 12.9. The van der Waals surface area contributed by atoms with E-state index in [1.807, 2.05) is 0 Å². The molecular weight excluding hydrogens is 997 g/mol. The third-order valence-electron chi connectivity index (χ3n) is 17.6. The van der Waals surface area contributed by atoms with Crippen LogP contribution >= 0.6 is 0 Å². The van der Waals surface area contributed by atoms with Crippen molar-refractivity contribution in [2.24, 2.45) is 0 Å². The summed E-state index contributed by atoms with van der Waals surface area (Å²) < 4.78 is 16.9. The van der Waals surface area contributed by atoms with Gasteiger partial charge in [-0.2, -0.15) is 0 Å². The van der Waals surface area contributed by atoms with Gasteiger partial charge in [-0.3, -0.25) is 14.4 Å². The molecule has 6 heteroatoms. The van der Waals surface area contributed by atoms with Gasteiger partial charge in [0.2, 0.25) is 0 Å². The fraction of sp³-hybridized carbons (Fsp3) is 0.960. The summed E-state index contributed by atoms with van der Waals surface area (Å²) in [5, 5.41) is 0. The summed E-state index contributed by atoms with van der Waals surface area (Å²) in [5.41, 5.74) is 0. The van der Waals surface area contributed by atoms with Crippen LogP contribution in [0, 0.1) is 0 Å². The molecule has 0 aromatic carbocycles. The van der Waals surface area contributed by atoms with Crippen LogP contribution in [-0.4, -0.2) is 37.2 Å². The number of carbonyl (C=O) groups is 3. The van der Waals surface area contributed by atoms with E-state index >= 15 is 0 Å². The highest BCUT2D eigenvalue weighted by molar-refractivity contribution is 5.71. The van der Waals surface area contributed by atoms with Crippen LogP contribution in [0.25, 0.3) is 0 Å². The van der Waals surface area contributed by atoms with E-state index in [2.05, 4.69) is 20.8 Å². The van der Waals surface area contributed by atoms with Crippen molar-refractivity contribution in [3.8, 4) is 0 Å². The smallest absolute Gasteiger partial charge is 0.306 e. The molecule has 0 bridgehead atoms. The maximum Gasteiger partial charge on any atom is 0.306 e. The Hall–Kier alpha value is -1.59. The minimum atomic E-state index is -0.762. The van der Waals surface area contributed by atoms with Crippen molar-refractivity contribution in [1.82, 2.24) is 0 Å². The second kappa shape index (κ2) is 70.9. The van der Waals surface area contributed by atoms with Crippen LogP contribution in [-0.2, 0) is 28.6 Å². The molecule has 6 nitrogen and oxygen atoms in total. The monoisotopic (exact) mass is 1140 g/mol. The molecule has 81 heavy (non-hydrogen) atoms. The Morgan fingerprint density at radius 3 is 0.494 bits per heavy atom. The number of esters is 3. The zero-order valence-electron chi connectivity index (χ0n) is 55.6. The van der Waals surface area contributed by atoms with Crippen LogP contribution in [0.2, 0.25) is 0 Å². The lowest BCUT2D eigenvalue weighted by Gasteiger charge is -2.18. The van der Waals surface area contributed by atoms with Crippen LogP contribution in [0.4, 0.5) is 0 Å². The Kier molecular flexibility index (Phi) is 69.5. The van der Waals surface area contributed by atoms with Gasteiger partial charge in [-0.25, -0.2) is 0 Å². The van der Waals surface area contributed by atoms with Gasteiger partial charge in [0.15, 0.2) is 6.10 Å². The Bertz CT molecular complexity index is 1220. The van der Waals surface area contributed by atoms with Gasteiger partial charge < -0.3 is 14.2 Å². The minimum Gasteiger partial charge on any atom is -0.462 e. The SMILES string of the molecule is CCCCCCCCCCCCCCCCCCCCCCCCCCCCCCCCCCC(=O)OCC(COC(=O)CCCCCCCCCC)OC(=O)CCCCCCCCCCCCCCCCCCCCCCCCC. The van der Waals surface area contributed by atoms with E-state index in [0.29, 0.717) is 19.3 Å². The van der Waals surface area contributed by atoms with Gasteiger partial charge in [-0.1, -0.05) is 406 Å². The van der Waals surface area contributed by atoms with E-state index in [1.165, 1.54) is 347 Å². The van der Waals surface area contributed by atoms with Crippen LogP contribution in [0.5, 0.6) is 0 Å². The van der Waals surface area contributed by atoms with Crippen LogP contribution in [0.15, 0.2) is 0 Å². The molecule has 0 saturated carbocycles. The molecule has 0 aromatic heterocycles. The molecule has 0 aromatic rings. The molecule has 0 saturated heterocycles. The molecule has 0 aliphatic carbocycles. The van der Waals surface area contributed by atoms with Crippen LogP contribution in [0.1, 0.15) is 445 Å². The highest BCUT2D eigenvalue weighted by Gasteiger charge is 2.20. The molecule has 1 atom stereocenters. The van der Waals surface area contributed by atoms with Crippen molar-refractivity contribution < 1.29 is 28.6 Å². The summed E-state index contributed by atoms with van der Waals surface area (Å²) in [5.74, 6) is -0.828. The largest absolute Gasteiger partial charge is 0.462 e. The lowest BCUT2D eigenvalue weighted by Crippen LogP contribution is -2.30. The summed E-state index contributed by atoms with van der Waals surface area (Å²) in [7, 11) is 0. The Morgan fingerprint density at radius 1 is 0.198 bits per heavy atom. The summed E-state index contributed by atoms with van der Waals surface area (Å²) in [4.78, 5) is 38.3. The lowest BCUT2D eigenvalue weighted by atomic mass is 10.0. The van der Waals surface area contributed by atoms with Gasteiger partial charge in [-0.15, -0.1) is 0 Å². The van der Waals surface area contributed by atoms with E-state index < -0.39 is 6.10 Å². The average molecular weight is 1140 g/mol. The molecule has 0 aliphatic heterocycles. The quantitative estimate of drug-likeness (QED) is 0.0343. The lowest BCUT2D eigenvalue weighted by molar-refractivity contribution is -0.167. The van der Waals surface area contributed by atoms with Gasteiger partial charge in [0.05, 0.1) is 0 Å². The van der Waals surface area contributed by atoms with E-state index in [-0.39, 0.29) is 31.1 Å². The Morgan fingerprint density at radius 2 is 0.333 bits per heavy atom. The Balaban J connectivity index is 3.97. The number of hydrogen-bond acceptors (Lipinski definition) is 6. The zero-order chi connectivity index (χ0) is 58.5. The van der Waals surface area contributed by atoms with Crippen molar-refractivity contribution in [2.45, 2.75) is 451 Å². The molecule has 0 rings (SSSR count). The zero-order valence-corrected chi connectivity index (χ0v) is 55.6. The summed E-state index contributed by atoms with van der Waals surface area (Å²) in [6, 6.07) is 0. The number of hydrogen-bond donors (Lipinski definition) is 0. The summed E-state index contributed by atoms with van der Waals surface area (Å²) in [6.45, 7) is 6.71. The van der Waals surface area contributed by atoms with E-state index in [4.69, 9.17) is 14.2 Å². The number of ether oxygens (including phenoxy) is 3. The van der Waals surface area contributed by atoms with Gasteiger partial charge in [0.1, 0.15) is 13.2 Å². The summed E-state index contributed by atoms with van der Waals surface area (Å²) >= 11 is 0. The number of rotatable bonds is 71. The first-order valence-electron chi connectivity index (χ1n) is 37.5. The molecule has 482 valence electrons. The van der Waals surface area contributed by atoms with E-state index in [9.17, 15) is 14.4 Å². The second-order valence-corrected chi connectivity index (χ2v) is 25.9. The van der Waals surface area contributed by atoms with Gasteiger partial charge in [0.25, 0.3) is 0 Å². The molecule has 0 amide bonds. The Labute approximate surface area is 508 Å². The van der Waals surface area contributed by atoms with Crippen molar-refractivity contribution >= 4 is 17.9 Å². The third kappa shape index (κ3) is 69.1. The fourth-order valence-corrected chi connectivity index (χ4v) is 12.0. The van der Waals surface area contributed by atoms with Crippen molar-refractivity contribution in [2.75, 3.05) is 13.2 Å². The predicted molar refractivity (Wildman–Crippen MR) is 354 cm³/mol. The topological polar surface area (TPSA) is 78.9 Å². The number of carbonyl (C=O) groups excluding carboxylic acids is 3. The highest BCUT2D eigenvalue weighted by atomic mass is 16.6. The number of unbranched alkanes of at least 4 members (excludes halogenated alkanes) is 60. The van der Waals surface area contributed by atoms with Gasteiger partial charge in [0, 0.05) is 19.3 Å². The molecule has 0 spiro atoms. The van der Waals surface area contributed by atoms with E-state index in [0.717, 1.165) is 57.8 Å². The summed E-state index contributed by atoms with van der Waals surface area (Å²) in [6.07, 6.45) is 84.7. The third-order valence-corrected chi connectivity index (χ3v) is 17.6. The fourth-order valence-electron chi connectivity index (χ4n) is 12.0. The van der Waals surface area contributed by atoms with Crippen LogP contribution in [0.3, 0.4) is 0 Å². The second-order valence-electron chi connectivity index (χ2n) is 25.9. The molecule has 0 fully saturated rings. The van der Waals surface area contributed by atoms with Crippen molar-refractivity contribution in [3.63, 3.8) is 0 Å². The molecule has 0 radical (unpaired) electrons. The van der Waals surface area contributed by atoms with Crippen molar-refractivity contribution in [1.29, 1.82) is 0 Å².